The monoisotopic (exact) mass is 323 g/mol. The van der Waals surface area contributed by atoms with Crippen molar-refractivity contribution in [3.8, 4) is 5.75 Å². The van der Waals surface area contributed by atoms with Gasteiger partial charge in [0, 0.05) is 6.42 Å². The normalized spacial score (nSPS) is 29.9. The number of oxime groups is 1. The van der Waals surface area contributed by atoms with Crippen molar-refractivity contribution in [1.82, 2.24) is 0 Å². The molecule has 0 atom stereocenters. The van der Waals surface area contributed by atoms with Crippen LogP contribution in [0, 0.1) is 5.92 Å². The van der Waals surface area contributed by atoms with E-state index in [1.165, 1.54) is 0 Å². The molecule has 1 saturated carbocycles. The van der Waals surface area contributed by atoms with Crippen molar-refractivity contribution in [3.05, 3.63) is 30.3 Å². The van der Waals surface area contributed by atoms with Gasteiger partial charge in [0.25, 0.3) is 0 Å². The van der Waals surface area contributed by atoms with Gasteiger partial charge in [0.15, 0.2) is 0 Å². The Labute approximate surface area is 122 Å². The topological polar surface area (TPSA) is 30.8 Å². The zero-order valence-electron chi connectivity index (χ0n) is 10.8. The van der Waals surface area contributed by atoms with E-state index in [0.29, 0.717) is 5.92 Å². The van der Waals surface area contributed by atoms with E-state index in [2.05, 4.69) is 21.1 Å². The molecule has 0 radical (unpaired) electrons. The van der Waals surface area contributed by atoms with E-state index in [1.54, 1.807) is 0 Å². The molecule has 0 aromatic heterocycles. The van der Waals surface area contributed by atoms with Gasteiger partial charge in [0.05, 0.1) is 6.61 Å². The van der Waals surface area contributed by atoms with Crippen LogP contribution in [0.3, 0.4) is 0 Å². The summed E-state index contributed by atoms with van der Waals surface area (Å²) in [5, 5.41) is 4.03. The minimum atomic E-state index is -0.0257. The molecule has 2 aliphatic rings. The fourth-order valence-electron chi connectivity index (χ4n) is 2.85. The molecule has 1 aromatic carbocycles. The Morgan fingerprint density at radius 3 is 2.63 bits per heavy atom. The van der Waals surface area contributed by atoms with E-state index in [-0.39, 0.29) is 5.60 Å². The van der Waals surface area contributed by atoms with Crippen molar-refractivity contribution >= 4 is 20.6 Å². The van der Waals surface area contributed by atoms with Gasteiger partial charge in [-0.3, -0.25) is 0 Å². The largest absolute Gasteiger partial charge is 0.493 e. The lowest BCUT2D eigenvalue weighted by Gasteiger charge is -2.34. The summed E-state index contributed by atoms with van der Waals surface area (Å²) in [5.41, 5.74) is -0.0257. The number of hydrogen-bond acceptors (Lipinski definition) is 3. The Morgan fingerprint density at radius 2 is 2.00 bits per heavy atom. The fraction of sp³-hybridized carbons (Fsp3) is 0.533. The van der Waals surface area contributed by atoms with Crippen LogP contribution >= 0.6 is 15.9 Å². The van der Waals surface area contributed by atoms with E-state index >= 15 is 0 Å². The minimum absolute atomic E-state index is 0.0257. The molecule has 3 rings (SSSR count). The molecule has 1 aliphatic heterocycles. The van der Waals surface area contributed by atoms with Gasteiger partial charge in [-0.2, -0.15) is 0 Å². The van der Waals surface area contributed by atoms with Gasteiger partial charge in [-0.05, 0) is 59.7 Å². The predicted octanol–water partition coefficient (Wildman–Crippen LogP) is 4.12. The molecular formula is C15H18BrNO2. The summed E-state index contributed by atoms with van der Waals surface area (Å²) < 4.78 is 6.79. The van der Waals surface area contributed by atoms with E-state index in [1.807, 2.05) is 30.3 Å². The molecule has 0 bridgehead atoms. The first-order valence-electron chi connectivity index (χ1n) is 6.84. The molecule has 1 spiro atoms. The summed E-state index contributed by atoms with van der Waals surface area (Å²) in [4.78, 5) is 5.61. The van der Waals surface area contributed by atoms with Crippen LogP contribution in [0.4, 0.5) is 0 Å². The maximum absolute atomic E-state index is 5.84. The van der Waals surface area contributed by atoms with Crippen molar-refractivity contribution in [1.29, 1.82) is 0 Å². The predicted molar refractivity (Wildman–Crippen MR) is 78.7 cm³/mol. The van der Waals surface area contributed by atoms with Crippen LogP contribution in [-0.4, -0.2) is 16.8 Å². The smallest absolute Gasteiger partial charge is 0.144 e. The lowest BCUT2D eigenvalue weighted by Crippen LogP contribution is -2.35. The first-order chi connectivity index (χ1) is 9.26. The Hall–Kier alpha value is -1.03. The Balaban J connectivity index is 1.46. The van der Waals surface area contributed by atoms with Crippen molar-refractivity contribution in [2.24, 2.45) is 11.1 Å². The maximum atomic E-state index is 5.84. The molecule has 1 heterocycles. The lowest BCUT2D eigenvalue weighted by atomic mass is 9.78. The zero-order chi connectivity index (χ0) is 13.1. The van der Waals surface area contributed by atoms with Crippen LogP contribution in [0.15, 0.2) is 35.5 Å². The van der Waals surface area contributed by atoms with Crippen LogP contribution < -0.4 is 4.74 Å². The zero-order valence-corrected chi connectivity index (χ0v) is 12.4. The third-order valence-corrected chi connectivity index (χ3v) is 4.48. The van der Waals surface area contributed by atoms with Gasteiger partial charge in [-0.25, -0.2) is 0 Å². The molecule has 0 unspecified atom stereocenters. The van der Waals surface area contributed by atoms with Gasteiger partial charge in [0.1, 0.15) is 16.0 Å². The molecule has 1 fully saturated rings. The third kappa shape index (κ3) is 3.11. The summed E-state index contributed by atoms with van der Waals surface area (Å²) in [7, 11) is 0. The van der Waals surface area contributed by atoms with E-state index in [0.717, 1.165) is 49.1 Å². The quantitative estimate of drug-likeness (QED) is 0.837. The number of para-hydroxylation sites is 1. The first kappa shape index (κ1) is 13.0. The van der Waals surface area contributed by atoms with Gasteiger partial charge in [-0.1, -0.05) is 23.4 Å². The molecule has 3 nitrogen and oxygen atoms in total. The van der Waals surface area contributed by atoms with Gasteiger partial charge < -0.3 is 9.57 Å². The Morgan fingerprint density at radius 1 is 1.26 bits per heavy atom. The molecule has 4 heteroatoms. The first-order valence-corrected chi connectivity index (χ1v) is 7.63. The molecule has 0 amide bonds. The summed E-state index contributed by atoms with van der Waals surface area (Å²) in [6.45, 7) is 0.808. The lowest BCUT2D eigenvalue weighted by molar-refractivity contribution is -0.0573. The van der Waals surface area contributed by atoms with Crippen LogP contribution in [0.1, 0.15) is 32.1 Å². The fourth-order valence-corrected chi connectivity index (χ4v) is 3.43. The second-order valence-corrected chi connectivity index (χ2v) is 6.40. The summed E-state index contributed by atoms with van der Waals surface area (Å²) in [6, 6.07) is 10.0. The molecule has 0 N–H and O–H groups in total. The van der Waals surface area contributed by atoms with Crippen LogP contribution in [0.25, 0.3) is 0 Å². The average molecular weight is 324 g/mol. The molecule has 19 heavy (non-hydrogen) atoms. The molecular weight excluding hydrogens is 306 g/mol. The number of benzene rings is 1. The van der Waals surface area contributed by atoms with Crippen molar-refractivity contribution in [3.63, 3.8) is 0 Å². The number of hydrogen-bond donors (Lipinski definition) is 0. The SMILES string of the molecule is BrC1=NO[C@]2(CC[C@H](COc3ccccc3)CC2)C1. The van der Waals surface area contributed by atoms with Gasteiger partial charge >= 0.3 is 0 Å². The van der Waals surface area contributed by atoms with Crippen LogP contribution in [0.2, 0.25) is 0 Å². The van der Waals surface area contributed by atoms with Crippen LogP contribution in [-0.2, 0) is 4.84 Å². The highest BCUT2D eigenvalue weighted by Gasteiger charge is 2.41. The highest BCUT2D eigenvalue weighted by molar-refractivity contribution is 9.18. The van der Waals surface area contributed by atoms with Gasteiger partial charge in [0.2, 0.25) is 0 Å². The van der Waals surface area contributed by atoms with Crippen LogP contribution in [0.5, 0.6) is 5.75 Å². The van der Waals surface area contributed by atoms with E-state index in [9.17, 15) is 0 Å². The standard InChI is InChI=1S/C15H18BrNO2/c16-14-10-15(19-17-14)8-6-12(7-9-15)11-18-13-4-2-1-3-5-13/h1-5,12H,6-11H2/t12-,15-. The highest BCUT2D eigenvalue weighted by atomic mass is 79.9. The van der Waals surface area contributed by atoms with Crippen molar-refractivity contribution in [2.75, 3.05) is 6.61 Å². The molecule has 0 saturated heterocycles. The second-order valence-electron chi connectivity index (χ2n) is 5.49. The van der Waals surface area contributed by atoms with Crippen molar-refractivity contribution < 1.29 is 9.57 Å². The average Bonchev–Trinajstić information content (AvgIpc) is 2.81. The minimum Gasteiger partial charge on any atom is -0.493 e. The molecule has 102 valence electrons. The molecule has 1 aliphatic carbocycles. The number of halogens is 1. The molecule has 1 aromatic rings. The summed E-state index contributed by atoms with van der Waals surface area (Å²) in [6.07, 6.45) is 5.40. The van der Waals surface area contributed by atoms with Crippen molar-refractivity contribution in [2.45, 2.75) is 37.7 Å². The number of rotatable bonds is 3. The van der Waals surface area contributed by atoms with E-state index in [4.69, 9.17) is 9.57 Å². The third-order valence-electron chi connectivity index (χ3n) is 4.05. The number of ether oxygens (including phenoxy) is 1. The Bertz CT molecular complexity index is 452. The Kier molecular flexibility index (Phi) is 3.78. The maximum Gasteiger partial charge on any atom is 0.144 e. The second kappa shape index (κ2) is 5.53. The summed E-state index contributed by atoms with van der Waals surface area (Å²) >= 11 is 3.43. The van der Waals surface area contributed by atoms with Gasteiger partial charge in [-0.15, -0.1) is 0 Å². The number of nitrogens with zero attached hydrogens (tertiary/aromatic N) is 1. The summed E-state index contributed by atoms with van der Waals surface area (Å²) in [5.74, 6) is 1.60. The van der Waals surface area contributed by atoms with E-state index < -0.39 is 0 Å². The highest BCUT2D eigenvalue weighted by Crippen LogP contribution is 2.41.